The highest BCUT2D eigenvalue weighted by atomic mass is 32.2. The molecule has 3 atom stereocenters. The molecule has 0 saturated carbocycles. The fourth-order valence-electron chi connectivity index (χ4n) is 4.54. The van der Waals surface area contributed by atoms with Gasteiger partial charge in [-0.15, -0.1) is 0 Å². The lowest BCUT2D eigenvalue weighted by atomic mass is 9.99. The fourth-order valence-corrected chi connectivity index (χ4v) is 5.88. The van der Waals surface area contributed by atoms with E-state index >= 15 is 0 Å². The van der Waals surface area contributed by atoms with Gasteiger partial charge in [0.2, 0.25) is 0 Å². The van der Waals surface area contributed by atoms with Crippen LogP contribution in [0.15, 0.2) is 65.8 Å². The van der Waals surface area contributed by atoms with Crippen LogP contribution in [0, 0.1) is 6.92 Å². The second-order valence-electron chi connectivity index (χ2n) is 7.77. The molecule has 2 aromatic heterocycles. The van der Waals surface area contributed by atoms with E-state index < -0.39 is 0 Å². The number of thioether (sulfide) groups is 1. The minimum atomic E-state index is -0.00523. The smallest absolute Gasteiger partial charge is 0.160 e. The van der Waals surface area contributed by atoms with Gasteiger partial charge in [0, 0.05) is 35.1 Å². The van der Waals surface area contributed by atoms with Crippen LogP contribution in [-0.2, 0) is 0 Å². The highest BCUT2D eigenvalue weighted by Crippen LogP contribution is 2.49. The monoisotopic (exact) mass is 418 g/mol. The molecule has 0 radical (unpaired) electrons. The second kappa shape index (κ2) is 7.84. The van der Waals surface area contributed by atoms with Crippen LogP contribution in [0.1, 0.15) is 42.5 Å². The number of hydrogen-bond acceptors (Lipinski definition) is 5. The van der Waals surface area contributed by atoms with E-state index in [1.807, 2.05) is 36.2 Å². The number of pyridine rings is 1. The normalized spacial score (nSPS) is 22.8. The van der Waals surface area contributed by atoms with Crippen molar-refractivity contribution in [3.8, 4) is 11.4 Å². The van der Waals surface area contributed by atoms with Crippen LogP contribution >= 0.6 is 11.8 Å². The van der Waals surface area contributed by atoms with Crippen LogP contribution in [0.5, 0.6) is 5.75 Å². The predicted octanol–water partition coefficient (Wildman–Crippen LogP) is 5.17. The zero-order chi connectivity index (χ0) is 20.7. The van der Waals surface area contributed by atoms with Gasteiger partial charge in [-0.3, -0.25) is 9.98 Å². The Balaban J connectivity index is 1.63. The van der Waals surface area contributed by atoms with Gasteiger partial charge in [-0.1, -0.05) is 24.8 Å². The van der Waals surface area contributed by atoms with E-state index in [2.05, 4.69) is 64.7 Å². The van der Waals surface area contributed by atoms with E-state index in [1.165, 1.54) is 11.4 Å². The summed E-state index contributed by atoms with van der Waals surface area (Å²) in [6, 6.07) is 19.5. The Kier molecular flexibility index (Phi) is 5.03. The molecule has 5 rings (SSSR count). The summed E-state index contributed by atoms with van der Waals surface area (Å²) in [5.41, 5.74) is 4.64. The van der Waals surface area contributed by atoms with Gasteiger partial charge in [0.15, 0.2) is 5.17 Å². The molecule has 30 heavy (non-hydrogen) atoms. The Morgan fingerprint density at radius 1 is 1.10 bits per heavy atom. The van der Waals surface area contributed by atoms with Crippen molar-refractivity contribution in [3.63, 3.8) is 0 Å². The first-order valence-electron chi connectivity index (χ1n) is 10.4. The van der Waals surface area contributed by atoms with Gasteiger partial charge in [0.05, 0.1) is 12.8 Å². The van der Waals surface area contributed by atoms with Gasteiger partial charge in [-0.05, 0) is 61.9 Å². The van der Waals surface area contributed by atoms with E-state index in [0.29, 0.717) is 6.04 Å². The Labute approximate surface area is 181 Å². The lowest BCUT2D eigenvalue weighted by Gasteiger charge is -2.32. The first-order chi connectivity index (χ1) is 14.7. The van der Waals surface area contributed by atoms with Gasteiger partial charge in [0.25, 0.3) is 0 Å². The molecule has 2 aliphatic heterocycles. The molecule has 6 heteroatoms. The lowest BCUT2D eigenvalue weighted by molar-refractivity contribution is 0.248. The van der Waals surface area contributed by atoms with Gasteiger partial charge in [-0.25, -0.2) is 0 Å². The topological polar surface area (TPSA) is 42.6 Å². The van der Waals surface area contributed by atoms with Gasteiger partial charge in [0.1, 0.15) is 17.8 Å². The van der Waals surface area contributed by atoms with Crippen LogP contribution in [0.4, 0.5) is 0 Å². The lowest BCUT2D eigenvalue weighted by Crippen LogP contribution is -2.36. The molecule has 4 heterocycles. The summed E-state index contributed by atoms with van der Waals surface area (Å²) < 4.78 is 7.72. The molecule has 3 unspecified atom stereocenters. The van der Waals surface area contributed by atoms with Gasteiger partial charge in [-0.2, -0.15) is 0 Å². The minimum absolute atomic E-state index is 0.00523. The number of ether oxygens (including phenoxy) is 1. The molecule has 0 aliphatic carbocycles. The quantitative estimate of drug-likeness (QED) is 0.573. The number of fused-ring (bicyclic) bond motifs is 1. The molecule has 154 valence electrons. The second-order valence-corrected chi connectivity index (χ2v) is 8.76. The average molecular weight is 419 g/mol. The first kappa shape index (κ1) is 19.2. The standard InChI is InChI=1S/C24H26N4OS/c1-4-17-15-30-24-26-22(20-7-5-6-14-25-20)23(28(17)24)21-13-8-16(2)27(21)18-9-11-19(29-3)12-10-18/h5-14,17,22-23H,4,15H2,1-3H3. The van der Waals surface area contributed by atoms with E-state index in [4.69, 9.17) is 9.73 Å². The van der Waals surface area contributed by atoms with Crippen molar-refractivity contribution < 1.29 is 4.74 Å². The zero-order valence-electron chi connectivity index (χ0n) is 17.5. The molecule has 1 fully saturated rings. The highest BCUT2D eigenvalue weighted by Gasteiger charge is 2.46. The number of amidine groups is 1. The predicted molar refractivity (Wildman–Crippen MR) is 123 cm³/mol. The van der Waals surface area contributed by atoms with Crippen molar-refractivity contribution in [1.29, 1.82) is 0 Å². The third kappa shape index (κ3) is 3.10. The Bertz CT molecular complexity index is 1060. The van der Waals surface area contributed by atoms with Crippen LogP contribution in [0.2, 0.25) is 0 Å². The molecule has 0 bridgehead atoms. The molecule has 2 aliphatic rings. The number of nitrogens with zero attached hydrogens (tertiary/aromatic N) is 4. The average Bonchev–Trinajstić information content (AvgIpc) is 3.47. The molecule has 1 saturated heterocycles. The minimum Gasteiger partial charge on any atom is -0.497 e. The van der Waals surface area contributed by atoms with Crippen molar-refractivity contribution in [1.82, 2.24) is 14.5 Å². The van der Waals surface area contributed by atoms with E-state index in [1.54, 1.807) is 7.11 Å². The van der Waals surface area contributed by atoms with Crippen molar-refractivity contribution in [2.75, 3.05) is 12.9 Å². The number of methoxy groups -OCH3 is 1. The van der Waals surface area contributed by atoms with Gasteiger partial charge >= 0.3 is 0 Å². The van der Waals surface area contributed by atoms with Crippen LogP contribution < -0.4 is 4.74 Å². The maximum atomic E-state index is 5.36. The number of rotatable bonds is 5. The Morgan fingerprint density at radius 2 is 1.93 bits per heavy atom. The fraction of sp³-hybridized carbons (Fsp3) is 0.333. The molecule has 1 aromatic carbocycles. The number of benzene rings is 1. The van der Waals surface area contributed by atoms with Crippen LogP contribution in [0.25, 0.3) is 5.69 Å². The van der Waals surface area contributed by atoms with E-state index in [9.17, 15) is 0 Å². The van der Waals surface area contributed by atoms with Crippen molar-refractivity contribution in [3.05, 3.63) is 77.9 Å². The summed E-state index contributed by atoms with van der Waals surface area (Å²) in [5.74, 6) is 1.97. The number of aliphatic imine (C=N–C) groups is 1. The molecule has 3 aromatic rings. The largest absolute Gasteiger partial charge is 0.497 e. The Hall–Kier alpha value is -2.73. The summed E-state index contributed by atoms with van der Waals surface area (Å²) in [5, 5.41) is 1.16. The summed E-state index contributed by atoms with van der Waals surface area (Å²) in [4.78, 5) is 12.4. The summed E-state index contributed by atoms with van der Waals surface area (Å²) in [6.45, 7) is 4.43. The molecule has 5 nitrogen and oxygen atoms in total. The highest BCUT2D eigenvalue weighted by molar-refractivity contribution is 8.14. The first-order valence-corrected chi connectivity index (χ1v) is 11.4. The third-order valence-electron chi connectivity index (χ3n) is 6.07. The maximum absolute atomic E-state index is 5.36. The summed E-state index contributed by atoms with van der Waals surface area (Å²) in [7, 11) is 1.70. The molecular weight excluding hydrogens is 392 g/mol. The number of aromatic nitrogens is 2. The SMILES string of the molecule is CCC1CSC2=NC(c3ccccn3)C(c3ccc(C)n3-c3ccc(OC)cc3)N21. The third-order valence-corrected chi connectivity index (χ3v) is 7.20. The summed E-state index contributed by atoms with van der Waals surface area (Å²) >= 11 is 1.88. The molecule has 0 spiro atoms. The summed E-state index contributed by atoms with van der Waals surface area (Å²) in [6.07, 6.45) is 2.98. The molecular formula is C24H26N4OS. The zero-order valence-corrected chi connectivity index (χ0v) is 18.3. The molecule has 0 amide bonds. The number of hydrogen-bond donors (Lipinski definition) is 0. The van der Waals surface area contributed by atoms with E-state index in [-0.39, 0.29) is 12.1 Å². The van der Waals surface area contributed by atoms with Crippen molar-refractivity contribution in [2.24, 2.45) is 4.99 Å². The van der Waals surface area contributed by atoms with Crippen molar-refractivity contribution in [2.45, 2.75) is 38.4 Å². The van der Waals surface area contributed by atoms with Crippen molar-refractivity contribution >= 4 is 16.9 Å². The van der Waals surface area contributed by atoms with Gasteiger partial charge < -0.3 is 14.2 Å². The maximum Gasteiger partial charge on any atom is 0.160 e. The van der Waals surface area contributed by atoms with Crippen LogP contribution in [0.3, 0.4) is 0 Å². The van der Waals surface area contributed by atoms with E-state index in [0.717, 1.165) is 34.5 Å². The Morgan fingerprint density at radius 3 is 2.63 bits per heavy atom. The van der Waals surface area contributed by atoms with Crippen LogP contribution in [-0.4, -0.2) is 38.5 Å². The number of aryl methyl sites for hydroxylation is 1. The molecule has 0 N–H and O–H groups in total.